The van der Waals surface area contributed by atoms with Gasteiger partial charge in [-0.25, -0.2) is 0 Å². The first-order valence-electron chi connectivity index (χ1n) is 13.6. The first kappa shape index (κ1) is 30.1. The predicted molar refractivity (Wildman–Crippen MR) is 141 cm³/mol. The van der Waals surface area contributed by atoms with Crippen LogP contribution < -0.4 is 0 Å². The Morgan fingerprint density at radius 3 is 2.39 bits per heavy atom. The van der Waals surface area contributed by atoms with Crippen molar-refractivity contribution in [1.29, 1.82) is 0 Å². The summed E-state index contributed by atoms with van der Waals surface area (Å²) in [6.45, 7) is 18.8. The highest BCUT2D eigenvalue weighted by Gasteiger charge is 2.71. The summed E-state index contributed by atoms with van der Waals surface area (Å²) in [6, 6.07) is 0. The zero-order valence-electron chi connectivity index (χ0n) is 23.9. The average molecular weight is 533 g/mol. The molecular weight excluding hydrogens is 488 g/mol. The molecule has 3 rings (SSSR count). The van der Waals surface area contributed by atoms with Gasteiger partial charge in [-0.15, -0.1) is 0 Å². The Hall–Kier alpha value is -2.45. The molecule has 0 aromatic heterocycles. The Bertz CT molecular complexity index is 985. The van der Waals surface area contributed by atoms with E-state index in [4.69, 9.17) is 23.7 Å². The van der Waals surface area contributed by atoms with Crippen LogP contribution in [0.3, 0.4) is 0 Å². The van der Waals surface area contributed by atoms with Gasteiger partial charge in [0.05, 0.1) is 17.4 Å². The van der Waals surface area contributed by atoms with E-state index in [0.29, 0.717) is 24.8 Å². The zero-order valence-corrected chi connectivity index (χ0v) is 23.9. The van der Waals surface area contributed by atoms with Crippen molar-refractivity contribution in [2.45, 2.75) is 98.4 Å². The molecule has 1 aliphatic heterocycles. The van der Waals surface area contributed by atoms with Gasteiger partial charge in [0.25, 0.3) is 0 Å². The lowest BCUT2D eigenvalue weighted by Gasteiger charge is -2.61. The van der Waals surface area contributed by atoms with Crippen molar-refractivity contribution in [3.8, 4) is 0 Å². The summed E-state index contributed by atoms with van der Waals surface area (Å²) >= 11 is 0. The molecule has 212 valence electrons. The molecule has 0 amide bonds. The van der Waals surface area contributed by atoms with Crippen LogP contribution in [0.15, 0.2) is 36.5 Å². The maximum atomic E-state index is 12.9. The fraction of sp³-hybridized carbons (Fsp3) is 0.700. The standard InChI is InChI=1S/C30H44O8/c1-10-17(3)12-13-29(8)19(5)14-25(34-9)30-23(27(35-20(6)31)38-28(30)36-21(7)32)15-22(16-24(29)30)37-26(33)18(4)11-2/h10,15,18-19,22,24-25,27-28H,1,3,11-14,16H2,2,4-9H3/t18?,19-,22+,24+,25+,27+,28+,29-,30-/m0/s1. The lowest BCUT2D eigenvalue weighted by Crippen LogP contribution is -2.63. The highest BCUT2D eigenvalue weighted by atomic mass is 16.8. The molecule has 1 heterocycles. The van der Waals surface area contributed by atoms with Crippen LogP contribution >= 0.6 is 0 Å². The highest BCUT2D eigenvalue weighted by molar-refractivity contribution is 5.72. The van der Waals surface area contributed by atoms with Gasteiger partial charge in [-0.05, 0) is 55.4 Å². The molecular formula is C30H44O8. The van der Waals surface area contributed by atoms with Crippen molar-refractivity contribution < 1.29 is 38.1 Å². The topological polar surface area (TPSA) is 97.4 Å². The molecule has 8 nitrogen and oxygen atoms in total. The van der Waals surface area contributed by atoms with Crippen LogP contribution in [0.25, 0.3) is 0 Å². The van der Waals surface area contributed by atoms with Crippen LogP contribution in [0, 0.1) is 28.6 Å². The molecule has 0 bridgehead atoms. The van der Waals surface area contributed by atoms with Crippen molar-refractivity contribution >= 4 is 17.9 Å². The monoisotopic (exact) mass is 532 g/mol. The third-order valence-electron chi connectivity index (χ3n) is 9.21. The Morgan fingerprint density at radius 1 is 1.18 bits per heavy atom. The van der Waals surface area contributed by atoms with Gasteiger partial charge in [0.15, 0.2) is 0 Å². The minimum absolute atomic E-state index is 0.194. The van der Waals surface area contributed by atoms with E-state index < -0.39 is 36.0 Å². The molecule has 8 heteroatoms. The number of carbonyl (C=O) groups excluding carboxylic acids is 3. The van der Waals surface area contributed by atoms with E-state index in [1.165, 1.54) is 13.8 Å². The quantitative estimate of drug-likeness (QED) is 0.162. The third-order valence-corrected chi connectivity index (χ3v) is 9.21. The highest BCUT2D eigenvalue weighted by Crippen LogP contribution is 2.68. The molecule has 2 aliphatic carbocycles. The fourth-order valence-corrected chi connectivity index (χ4v) is 6.70. The average Bonchev–Trinajstić information content (AvgIpc) is 3.15. The van der Waals surface area contributed by atoms with Crippen molar-refractivity contribution in [3.05, 3.63) is 36.5 Å². The van der Waals surface area contributed by atoms with Gasteiger partial charge < -0.3 is 18.9 Å². The van der Waals surface area contributed by atoms with Gasteiger partial charge in [0.1, 0.15) is 6.10 Å². The zero-order chi connectivity index (χ0) is 28.4. The van der Waals surface area contributed by atoms with Crippen molar-refractivity contribution in [3.63, 3.8) is 0 Å². The van der Waals surface area contributed by atoms with Crippen LogP contribution in [0.2, 0.25) is 0 Å². The third kappa shape index (κ3) is 5.34. The Balaban J connectivity index is 2.22. The molecule has 1 saturated heterocycles. The van der Waals surface area contributed by atoms with Crippen molar-refractivity contribution in [1.82, 2.24) is 0 Å². The Morgan fingerprint density at radius 2 is 1.84 bits per heavy atom. The van der Waals surface area contributed by atoms with Gasteiger partial charge in [0, 0.05) is 26.5 Å². The number of methoxy groups -OCH3 is 1. The lowest BCUT2D eigenvalue weighted by molar-refractivity contribution is -0.258. The summed E-state index contributed by atoms with van der Waals surface area (Å²) in [5, 5.41) is 0. The Labute approximate surface area is 226 Å². The summed E-state index contributed by atoms with van der Waals surface area (Å²) in [6.07, 6.45) is 3.86. The predicted octanol–water partition coefficient (Wildman–Crippen LogP) is 5.27. The second-order valence-electron chi connectivity index (χ2n) is 11.4. The smallest absolute Gasteiger partial charge is 0.309 e. The molecule has 0 N–H and O–H groups in total. The summed E-state index contributed by atoms with van der Waals surface area (Å²) in [5.41, 5.74) is 0.319. The van der Waals surface area contributed by atoms with E-state index in [1.807, 2.05) is 19.9 Å². The van der Waals surface area contributed by atoms with Crippen molar-refractivity contribution in [2.24, 2.45) is 28.6 Å². The number of allylic oxidation sites excluding steroid dienone is 2. The van der Waals surface area contributed by atoms with Crippen LogP contribution in [-0.2, 0) is 38.1 Å². The molecule has 38 heavy (non-hydrogen) atoms. The molecule has 0 aromatic carbocycles. The summed E-state index contributed by atoms with van der Waals surface area (Å²) in [7, 11) is 1.64. The van der Waals surface area contributed by atoms with E-state index in [0.717, 1.165) is 18.4 Å². The molecule has 0 aromatic rings. The van der Waals surface area contributed by atoms with Gasteiger partial charge >= 0.3 is 17.9 Å². The second-order valence-corrected chi connectivity index (χ2v) is 11.4. The maximum absolute atomic E-state index is 12.9. The molecule has 1 spiro atoms. The van der Waals surface area contributed by atoms with Gasteiger partial charge in [-0.1, -0.05) is 52.5 Å². The van der Waals surface area contributed by atoms with Crippen LogP contribution in [0.5, 0.6) is 0 Å². The SMILES string of the molecule is C=CC(=C)CC[C@]1(C)[C@H]2C[C@H](OC(=O)C(C)CC)C=C3[C@H](OC(C)=O)O[C@@H](OC(C)=O)[C@@]32[C@H](OC)C[C@@H]1C. The molecule has 3 aliphatic rings. The maximum Gasteiger partial charge on any atom is 0.309 e. The van der Waals surface area contributed by atoms with Crippen molar-refractivity contribution in [2.75, 3.05) is 7.11 Å². The van der Waals surface area contributed by atoms with Crippen LogP contribution in [0.4, 0.5) is 0 Å². The number of ether oxygens (including phenoxy) is 5. The number of esters is 3. The minimum atomic E-state index is -1.09. The lowest BCUT2D eigenvalue weighted by atomic mass is 9.45. The number of rotatable bonds is 10. The fourth-order valence-electron chi connectivity index (χ4n) is 6.70. The summed E-state index contributed by atoms with van der Waals surface area (Å²) < 4.78 is 29.8. The normalized spacial score (nSPS) is 36.7. The summed E-state index contributed by atoms with van der Waals surface area (Å²) in [5.74, 6) is -1.57. The minimum Gasteiger partial charge on any atom is -0.458 e. The largest absolute Gasteiger partial charge is 0.458 e. The molecule has 2 fully saturated rings. The van der Waals surface area contributed by atoms with Crippen LogP contribution in [-0.4, -0.2) is 49.8 Å². The second kappa shape index (κ2) is 11.7. The van der Waals surface area contributed by atoms with E-state index in [1.54, 1.807) is 13.2 Å². The first-order chi connectivity index (χ1) is 17.8. The molecule has 1 saturated carbocycles. The first-order valence-corrected chi connectivity index (χ1v) is 13.6. The van der Waals surface area contributed by atoms with E-state index in [-0.39, 0.29) is 35.2 Å². The number of hydrogen-bond donors (Lipinski definition) is 0. The van der Waals surface area contributed by atoms with Crippen LogP contribution in [0.1, 0.15) is 73.6 Å². The van der Waals surface area contributed by atoms with E-state index in [2.05, 4.69) is 27.0 Å². The van der Waals surface area contributed by atoms with Gasteiger partial charge in [-0.3, -0.25) is 19.1 Å². The molecule has 0 radical (unpaired) electrons. The number of carbonyl (C=O) groups is 3. The Kier molecular flexibility index (Phi) is 9.30. The molecule has 9 atom stereocenters. The van der Waals surface area contributed by atoms with Gasteiger partial charge in [-0.2, -0.15) is 0 Å². The van der Waals surface area contributed by atoms with E-state index >= 15 is 0 Å². The van der Waals surface area contributed by atoms with E-state index in [9.17, 15) is 14.4 Å². The molecule has 1 unspecified atom stereocenters. The number of hydrogen-bond acceptors (Lipinski definition) is 8. The summed E-state index contributed by atoms with van der Waals surface area (Å²) in [4.78, 5) is 37.3. The van der Waals surface area contributed by atoms with Gasteiger partial charge in [0.2, 0.25) is 12.6 Å².